The minimum atomic E-state index is -4.07. The number of hydrogen-bond donors (Lipinski definition) is 2. The molecule has 0 amide bonds. The Morgan fingerprint density at radius 1 is 1.00 bits per heavy atom. The molecule has 24 heavy (non-hydrogen) atoms. The van der Waals surface area contributed by atoms with Crippen molar-refractivity contribution >= 4 is 31.7 Å². The van der Waals surface area contributed by atoms with Crippen LogP contribution in [0.4, 0.5) is 5.69 Å². The molecule has 0 radical (unpaired) electrons. The third-order valence-electron chi connectivity index (χ3n) is 2.98. The molecule has 0 saturated heterocycles. The van der Waals surface area contributed by atoms with Gasteiger partial charge in [0.05, 0.1) is 22.5 Å². The number of esters is 1. The van der Waals surface area contributed by atoms with Crippen LogP contribution < -0.4 is 9.86 Å². The van der Waals surface area contributed by atoms with Crippen molar-refractivity contribution in [2.24, 2.45) is 5.14 Å². The summed E-state index contributed by atoms with van der Waals surface area (Å²) >= 11 is 0. The quantitative estimate of drug-likeness (QED) is 0.752. The van der Waals surface area contributed by atoms with Crippen LogP contribution in [0.15, 0.2) is 58.3 Å². The Morgan fingerprint density at radius 2 is 1.62 bits per heavy atom. The largest absolute Gasteiger partial charge is 0.465 e. The lowest BCUT2D eigenvalue weighted by atomic mass is 10.2. The summed E-state index contributed by atoms with van der Waals surface area (Å²) in [5, 5.41) is 5.00. The standard InChI is InChI=1S/C14H14N2O6S2/c1-22-14(17)10-4-2-5-11(8-10)16-24(20,21)13-7-3-6-12(9-13)23(15,18)19/h2-9,16H,1H3,(H2,15,18,19). The van der Waals surface area contributed by atoms with E-state index < -0.39 is 26.0 Å². The number of carbonyl (C=O) groups excluding carboxylic acids is 1. The summed E-state index contributed by atoms with van der Waals surface area (Å²) in [6.07, 6.45) is 0. The smallest absolute Gasteiger partial charge is 0.337 e. The zero-order valence-electron chi connectivity index (χ0n) is 12.5. The highest BCUT2D eigenvalue weighted by atomic mass is 32.2. The first-order valence-corrected chi connectivity index (χ1v) is 9.50. The summed E-state index contributed by atoms with van der Waals surface area (Å²) in [5.41, 5.74) is 0.287. The highest BCUT2D eigenvalue weighted by Gasteiger charge is 2.18. The monoisotopic (exact) mass is 370 g/mol. The van der Waals surface area contributed by atoms with E-state index in [1.807, 2.05) is 0 Å². The van der Waals surface area contributed by atoms with Crippen LogP contribution >= 0.6 is 0 Å². The van der Waals surface area contributed by atoms with Crippen molar-refractivity contribution < 1.29 is 26.4 Å². The molecule has 2 rings (SSSR count). The van der Waals surface area contributed by atoms with E-state index in [0.29, 0.717) is 0 Å². The van der Waals surface area contributed by atoms with E-state index in [9.17, 15) is 21.6 Å². The predicted octanol–water partition coefficient (Wildman–Crippen LogP) is 0.921. The van der Waals surface area contributed by atoms with Crippen LogP contribution in [-0.2, 0) is 24.8 Å². The molecule has 128 valence electrons. The van der Waals surface area contributed by atoms with Crippen molar-refractivity contribution in [3.05, 3.63) is 54.1 Å². The molecule has 0 aromatic heterocycles. The SMILES string of the molecule is COC(=O)c1cccc(NS(=O)(=O)c2cccc(S(N)(=O)=O)c2)c1. The van der Waals surface area contributed by atoms with Crippen LogP contribution in [0, 0.1) is 0 Å². The van der Waals surface area contributed by atoms with Crippen molar-refractivity contribution in [2.75, 3.05) is 11.8 Å². The van der Waals surface area contributed by atoms with Crippen molar-refractivity contribution in [2.45, 2.75) is 9.79 Å². The van der Waals surface area contributed by atoms with E-state index in [0.717, 1.165) is 6.07 Å². The molecular formula is C14H14N2O6S2. The lowest BCUT2D eigenvalue weighted by molar-refractivity contribution is 0.0600. The molecule has 0 saturated carbocycles. The molecule has 0 aliphatic carbocycles. The van der Waals surface area contributed by atoms with Crippen LogP contribution in [0.3, 0.4) is 0 Å². The first-order chi connectivity index (χ1) is 11.1. The fraction of sp³-hybridized carbons (Fsp3) is 0.0714. The molecule has 0 heterocycles. The summed E-state index contributed by atoms with van der Waals surface area (Å²) < 4.78 is 54.2. The minimum Gasteiger partial charge on any atom is -0.465 e. The zero-order valence-corrected chi connectivity index (χ0v) is 14.1. The minimum absolute atomic E-state index is 0.124. The molecule has 8 nitrogen and oxygen atoms in total. The number of primary sulfonamides is 1. The fourth-order valence-corrected chi connectivity index (χ4v) is 3.59. The maximum atomic E-state index is 12.4. The Labute approximate surface area is 139 Å². The average molecular weight is 370 g/mol. The summed E-state index contributed by atoms with van der Waals surface area (Å²) in [6.45, 7) is 0. The van der Waals surface area contributed by atoms with Gasteiger partial charge < -0.3 is 4.74 Å². The number of nitrogens with one attached hydrogen (secondary N) is 1. The third-order valence-corrected chi connectivity index (χ3v) is 5.27. The molecule has 2 aromatic rings. The Hall–Kier alpha value is -2.43. The van der Waals surface area contributed by atoms with E-state index in [2.05, 4.69) is 9.46 Å². The maximum absolute atomic E-state index is 12.4. The van der Waals surface area contributed by atoms with Crippen molar-refractivity contribution in [3.8, 4) is 0 Å². The van der Waals surface area contributed by atoms with E-state index in [1.165, 1.54) is 49.6 Å². The van der Waals surface area contributed by atoms with Gasteiger partial charge in [-0.25, -0.2) is 26.8 Å². The molecule has 0 spiro atoms. The van der Waals surface area contributed by atoms with Gasteiger partial charge in [0, 0.05) is 5.69 Å². The van der Waals surface area contributed by atoms with Crippen LogP contribution in [0.1, 0.15) is 10.4 Å². The lowest BCUT2D eigenvalue weighted by Crippen LogP contribution is -2.16. The van der Waals surface area contributed by atoms with Gasteiger partial charge in [0.2, 0.25) is 10.0 Å². The van der Waals surface area contributed by atoms with E-state index >= 15 is 0 Å². The van der Waals surface area contributed by atoms with Gasteiger partial charge in [-0.15, -0.1) is 0 Å². The van der Waals surface area contributed by atoms with Crippen LogP contribution in [-0.4, -0.2) is 29.9 Å². The number of nitrogens with two attached hydrogens (primary N) is 1. The van der Waals surface area contributed by atoms with Gasteiger partial charge in [-0.3, -0.25) is 4.72 Å². The lowest BCUT2D eigenvalue weighted by Gasteiger charge is -2.10. The molecule has 0 unspecified atom stereocenters. The molecule has 10 heteroatoms. The molecule has 3 N–H and O–H groups in total. The third kappa shape index (κ3) is 4.10. The van der Waals surface area contributed by atoms with Gasteiger partial charge in [-0.05, 0) is 36.4 Å². The second-order valence-corrected chi connectivity index (χ2v) is 7.94. The van der Waals surface area contributed by atoms with Crippen LogP contribution in [0.5, 0.6) is 0 Å². The zero-order chi connectivity index (χ0) is 18.0. The van der Waals surface area contributed by atoms with Crippen LogP contribution in [0.2, 0.25) is 0 Å². The highest BCUT2D eigenvalue weighted by molar-refractivity contribution is 7.93. The molecule has 0 fully saturated rings. The summed E-state index contributed by atoms with van der Waals surface area (Å²) in [4.78, 5) is 10.9. The normalized spacial score (nSPS) is 11.8. The number of hydrogen-bond acceptors (Lipinski definition) is 6. The molecule has 0 aliphatic rings. The highest BCUT2D eigenvalue weighted by Crippen LogP contribution is 2.19. The Morgan fingerprint density at radius 3 is 2.25 bits per heavy atom. The van der Waals surface area contributed by atoms with Crippen LogP contribution in [0.25, 0.3) is 0 Å². The first-order valence-electron chi connectivity index (χ1n) is 6.47. The number of benzene rings is 2. The molecule has 0 bridgehead atoms. The second-order valence-electron chi connectivity index (χ2n) is 4.70. The van der Waals surface area contributed by atoms with E-state index in [1.54, 1.807) is 0 Å². The van der Waals surface area contributed by atoms with Crippen molar-refractivity contribution in [1.29, 1.82) is 0 Å². The number of rotatable bonds is 5. The number of anilines is 1. The topological polar surface area (TPSA) is 133 Å². The van der Waals surface area contributed by atoms with Crippen molar-refractivity contribution in [3.63, 3.8) is 0 Å². The molecular weight excluding hydrogens is 356 g/mol. The number of ether oxygens (including phenoxy) is 1. The predicted molar refractivity (Wildman–Crippen MR) is 86.4 cm³/mol. The summed E-state index contributed by atoms with van der Waals surface area (Å²) in [6, 6.07) is 10.3. The fourth-order valence-electron chi connectivity index (χ4n) is 1.86. The van der Waals surface area contributed by atoms with Gasteiger partial charge in [0.15, 0.2) is 0 Å². The second kappa shape index (κ2) is 6.59. The van der Waals surface area contributed by atoms with Gasteiger partial charge in [0.25, 0.3) is 10.0 Å². The number of methoxy groups -OCH3 is 1. The van der Waals surface area contributed by atoms with Crippen molar-refractivity contribution in [1.82, 2.24) is 0 Å². The summed E-state index contributed by atoms with van der Waals surface area (Å²) in [5.74, 6) is -0.618. The molecule has 0 atom stereocenters. The number of sulfonamides is 2. The first kappa shape index (κ1) is 17.9. The Bertz CT molecular complexity index is 984. The van der Waals surface area contributed by atoms with Gasteiger partial charge in [-0.2, -0.15) is 0 Å². The number of carbonyl (C=O) groups is 1. The molecule has 2 aromatic carbocycles. The maximum Gasteiger partial charge on any atom is 0.337 e. The van der Waals surface area contributed by atoms with Gasteiger partial charge in [0.1, 0.15) is 0 Å². The average Bonchev–Trinajstić information content (AvgIpc) is 2.53. The van der Waals surface area contributed by atoms with Gasteiger partial charge >= 0.3 is 5.97 Å². The molecule has 0 aliphatic heterocycles. The Kier molecular flexibility index (Phi) is 4.92. The van der Waals surface area contributed by atoms with E-state index in [4.69, 9.17) is 5.14 Å². The Balaban J connectivity index is 2.38. The van der Waals surface area contributed by atoms with Gasteiger partial charge in [-0.1, -0.05) is 12.1 Å². The summed E-state index contributed by atoms with van der Waals surface area (Å²) in [7, 11) is -6.89. The van der Waals surface area contributed by atoms with E-state index in [-0.39, 0.29) is 21.0 Å².